The van der Waals surface area contributed by atoms with E-state index in [2.05, 4.69) is 40.7 Å². The van der Waals surface area contributed by atoms with Gasteiger partial charge in [0.15, 0.2) is 11.6 Å². The summed E-state index contributed by atoms with van der Waals surface area (Å²) in [5.41, 5.74) is 1.82. The van der Waals surface area contributed by atoms with Gasteiger partial charge in [-0.05, 0) is 91.4 Å². The number of fused-ring (bicyclic) bond motifs is 7. The van der Waals surface area contributed by atoms with Gasteiger partial charge in [0.25, 0.3) is 0 Å². The summed E-state index contributed by atoms with van der Waals surface area (Å²) in [6.45, 7) is 11.7. The molecule has 0 N–H and O–H groups in total. The van der Waals surface area contributed by atoms with Crippen molar-refractivity contribution in [1.29, 1.82) is 5.26 Å². The minimum atomic E-state index is -0.351. The molecule has 178 valence electrons. The molecule has 5 rings (SSSR count). The first-order valence-corrected chi connectivity index (χ1v) is 13.4. The zero-order valence-electron chi connectivity index (χ0n) is 21.3. The van der Waals surface area contributed by atoms with Crippen LogP contribution in [-0.2, 0) is 9.59 Å². The number of carbonyl (C=O) groups is 2. The summed E-state index contributed by atoms with van der Waals surface area (Å²) in [6, 6.07) is 2.15. The average molecular weight is 448 g/mol. The van der Waals surface area contributed by atoms with E-state index in [0.717, 1.165) is 19.3 Å². The molecule has 33 heavy (non-hydrogen) atoms. The van der Waals surface area contributed by atoms with Gasteiger partial charge in [-0.3, -0.25) is 9.59 Å². The number of ketones is 2. The van der Waals surface area contributed by atoms with Gasteiger partial charge >= 0.3 is 0 Å². The van der Waals surface area contributed by atoms with E-state index in [4.69, 9.17) is 0 Å². The highest BCUT2D eigenvalue weighted by Crippen LogP contribution is 2.69. The van der Waals surface area contributed by atoms with Crippen LogP contribution in [-0.4, -0.2) is 11.6 Å². The van der Waals surface area contributed by atoms with Crippen molar-refractivity contribution in [2.45, 2.75) is 98.8 Å². The smallest absolute Gasteiger partial charge is 0.173 e. The van der Waals surface area contributed by atoms with Crippen molar-refractivity contribution in [3.05, 3.63) is 23.3 Å². The lowest BCUT2D eigenvalue weighted by Crippen LogP contribution is -2.59. The van der Waals surface area contributed by atoms with Crippen LogP contribution >= 0.6 is 0 Å². The second-order valence-corrected chi connectivity index (χ2v) is 13.5. The van der Waals surface area contributed by atoms with E-state index in [1.807, 2.05) is 12.2 Å². The van der Waals surface area contributed by atoms with Crippen LogP contribution in [0.5, 0.6) is 0 Å². The molecule has 3 nitrogen and oxygen atoms in total. The summed E-state index contributed by atoms with van der Waals surface area (Å²) in [6.07, 6.45) is 15.1. The zero-order chi connectivity index (χ0) is 23.8. The van der Waals surface area contributed by atoms with E-state index in [1.165, 1.54) is 44.1 Å². The topological polar surface area (TPSA) is 57.9 Å². The molecule has 0 aromatic rings. The molecule has 0 aliphatic heterocycles. The largest absolute Gasteiger partial charge is 0.295 e. The van der Waals surface area contributed by atoms with Crippen LogP contribution in [0.1, 0.15) is 98.8 Å². The molecule has 3 fully saturated rings. The van der Waals surface area contributed by atoms with E-state index in [-0.39, 0.29) is 28.4 Å². The molecule has 0 aromatic heterocycles. The second-order valence-electron chi connectivity index (χ2n) is 13.5. The molecular weight excluding hydrogens is 406 g/mol. The fourth-order valence-electron chi connectivity index (χ4n) is 9.46. The number of hydrogen-bond acceptors (Lipinski definition) is 3. The third-order valence-electron chi connectivity index (χ3n) is 11.2. The van der Waals surface area contributed by atoms with E-state index < -0.39 is 0 Å². The number of allylic oxidation sites excluding steroid dienone is 4. The van der Waals surface area contributed by atoms with Crippen molar-refractivity contribution < 1.29 is 9.59 Å². The average Bonchev–Trinajstić information content (AvgIpc) is 2.75. The normalized spacial score (nSPS) is 46.1. The number of Topliss-reactive ketones (excluding diaryl/α,β-unsaturated/α-hetero) is 1. The van der Waals surface area contributed by atoms with E-state index in [0.29, 0.717) is 40.4 Å². The van der Waals surface area contributed by atoms with Crippen LogP contribution in [0.15, 0.2) is 23.3 Å². The Kier molecular flexibility index (Phi) is 5.17. The third kappa shape index (κ3) is 3.19. The second kappa shape index (κ2) is 7.40. The number of hydrogen-bond donors (Lipinski definition) is 0. The lowest BCUT2D eigenvalue weighted by Gasteiger charge is -2.64. The standard InChI is InChI=1S/C30H41NO2/c1-6-9-30-11-8-21-26(22(30)17-27(2,3)12-13-30)24(33)15-25-28(21,4)10-7-20-14-23(32)19(18-31)16-29(20,25)5/h15-16,20-22,26H,6-14,17H2,1-5H3/t20?,21?,22?,26?,28?,29-,30-/m0/s1. The zero-order valence-corrected chi connectivity index (χ0v) is 21.3. The first kappa shape index (κ1) is 23.1. The molecule has 5 unspecified atom stereocenters. The third-order valence-corrected chi connectivity index (χ3v) is 11.2. The van der Waals surface area contributed by atoms with Crippen LogP contribution in [0.3, 0.4) is 0 Å². The summed E-state index contributed by atoms with van der Waals surface area (Å²) >= 11 is 0. The lowest BCUT2D eigenvalue weighted by atomic mass is 9.39. The van der Waals surface area contributed by atoms with Gasteiger partial charge in [0.05, 0.1) is 5.57 Å². The van der Waals surface area contributed by atoms with Crippen molar-refractivity contribution in [1.82, 2.24) is 0 Å². The summed E-state index contributed by atoms with van der Waals surface area (Å²) in [5.74, 6) is 1.57. The molecule has 0 aromatic carbocycles. The quantitative estimate of drug-likeness (QED) is 0.459. The number of nitrogens with zero attached hydrogens (tertiary/aromatic N) is 1. The summed E-state index contributed by atoms with van der Waals surface area (Å²) in [4.78, 5) is 26.5. The van der Waals surface area contributed by atoms with Crippen LogP contribution < -0.4 is 0 Å². The SMILES string of the molecule is CCC[C@@]12CCC3C(C(=O)C=C4C3(C)CCC3CC(=O)C(C#N)=C[C@]43C)C1CC(C)(C)CC2. The number of carbonyl (C=O) groups excluding carboxylic acids is 2. The van der Waals surface area contributed by atoms with Gasteiger partial charge in [0, 0.05) is 17.8 Å². The molecule has 3 saturated carbocycles. The van der Waals surface area contributed by atoms with Crippen LogP contribution in [0.25, 0.3) is 0 Å². The van der Waals surface area contributed by atoms with Crippen molar-refractivity contribution >= 4 is 11.6 Å². The Morgan fingerprint density at radius 1 is 1.03 bits per heavy atom. The van der Waals surface area contributed by atoms with Crippen molar-refractivity contribution in [2.24, 2.45) is 45.3 Å². The molecule has 0 heterocycles. The van der Waals surface area contributed by atoms with E-state index >= 15 is 0 Å². The fraction of sp³-hybridized carbons (Fsp3) is 0.767. The van der Waals surface area contributed by atoms with Gasteiger partial charge in [0.1, 0.15) is 6.07 Å². The number of rotatable bonds is 2. The van der Waals surface area contributed by atoms with Crippen molar-refractivity contribution in [3.63, 3.8) is 0 Å². The molecule has 0 radical (unpaired) electrons. The maximum Gasteiger partial charge on any atom is 0.173 e. The molecular formula is C30H41NO2. The monoisotopic (exact) mass is 447 g/mol. The summed E-state index contributed by atoms with van der Waals surface area (Å²) in [7, 11) is 0. The van der Waals surface area contributed by atoms with Gasteiger partial charge < -0.3 is 0 Å². The minimum Gasteiger partial charge on any atom is -0.295 e. The van der Waals surface area contributed by atoms with Crippen molar-refractivity contribution in [3.8, 4) is 6.07 Å². The maximum absolute atomic E-state index is 14.0. The van der Waals surface area contributed by atoms with Crippen LogP contribution in [0.2, 0.25) is 0 Å². The van der Waals surface area contributed by atoms with Gasteiger partial charge in [-0.1, -0.05) is 52.7 Å². The highest BCUT2D eigenvalue weighted by molar-refractivity contribution is 6.01. The Morgan fingerprint density at radius 2 is 1.79 bits per heavy atom. The van der Waals surface area contributed by atoms with Gasteiger partial charge in [-0.2, -0.15) is 5.26 Å². The van der Waals surface area contributed by atoms with Crippen LogP contribution in [0.4, 0.5) is 0 Å². The lowest BCUT2D eigenvalue weighted by molar-refractivity contribution is -0.146. The first-order chi connectivity index (χ1) is 15.5. The highest BCUT2D eigenvalue weighted by Gasteiger charge is 2.63. The molecule has 0 spiro atoms. The molecule has 3 heteroatoms. The molecule has 5 aliphatic rings. The maximum atomic E-state index is 14.0. The highest BCUT2D eigenvalue weighted by atomic mass is 16.1. The Labute approximate surface area is 200 Å². The van der Waals surface area contributed by atoms with Crippen LogP contribution in [0, 0.1) is 56.7 Å². The van der Waals surface area contributed by atoms with E-state index in [1.54, 1.807) is 0 Å². The minimum absolute atomic E-state index is 0.0127. The first-order valence-electron chi connectivity index (χ1n) is 13.4. The van der Waals surface area contributed by atoms with Gasteiger partial charge in [-0.15, -0.1) is 0 Å². The molecule has 5 aliphatic carbocycles. The van der Waals surface area contributed by atoms with E-state index in [9.17, 15) is 14.9 Å². The van der Waals surface area contributed by atoms with Crippen molar-refractivity contribution in [2.75, 3.05) is 0 Å². The summed E-state index contributed by atoms with van der Waals surface area (Å²) < 4.78 is 0. The molecule has 0 amide bonds. The van der Waals surface area contributed by atoms with Gasteiger partial charge in [0.2, 0.25) is 0 Å². The number of nitriles is 1. The molecule has 7 atom stereocenters. The molecule has 0 bridgehead atoms. The Bertz CT molecular complexity index is 995. The Hall–Kier alpha value is -1.69. The fourth-order valence-corrected chi connectivity index (χ4v) is 9.46. The van der Waals surface area contributed by atoms with Gasteiger partial charge in [-0.25, -0.2) is 0 Å². The Balaban J connectivity index is 1.61. The molecule has 0 saturated heterocycles. The predicted octanol–water partition coefficient (Wildman–Crippen LogP) is 6.98. The Morgan fingerprint density at radius 3 is 2.48 bits per heavy atom. The summed E-state index contributed by atoms with van der Waals surface area (Å²) in [5, 5.41) is 9.60. The predicted molar refractivity (Wildman–Crippen MR) is 130 cm³/mol.